The fraction of sp³-hybridized carbons (Fsp3) is 0.917. The van der Waals surface area contributed by atoms with Gasteiger partial charge < -0.3 is 9.84 Å². The molecule has 4 heteroatoms. The minimum absolute atomic E-state index is 0.00345. The molecule has 1 saturated heterocycles. The van der Waals surface area contributed by atoms with Gasteiger partial charge >= 0.3 is 5.97 Å². The van der Waals surface area contributed by atoms with Crippen LogP contribution < -0.4 is 0 Å². The monoisotopic (exact) mass is 386 g/mol. The van der Waals surface area contributed by atoms with Crippen molar-refractivity contribution in [2.75, 3.05) is 0 Å². The molecule has 10 atom stereocenters. The van der Waals surface area contributed by atoms with Crippen LogP contribution in [0.15, 0.2) is 0 Å². The number of carbonyl (C=O) groups excluding carboxylic acids is 2. The van der Waals surface area contributed by atoms with Crippen LogP contribution in [0.1, 0.15) is 78.6 Å². The molecule has 28 heavy (non-hydrogen) atoms. The third-order valence-corrected chi connectivity index (χ3v) is 11.1. The van der Waals surface area contributed by atoms with Crippen LogP contribution in [-0.2, 0) is 14.3 Å². The molecular weight excluding hydrogens is 352 g/mol. The van der Waals surface area contributed by atoms with E-state index in [0.29, 0.717) is 54.8 Å². The molecule has 5 aliphatic carbocycles. The molecule has 4 nitrogen and oxygen atoms in total. The molecule has 6 rings (SSSR count). The van der Waals surface area contributed by atoms with Gasteiger partial charge in [0, 0.05) is 30.1 Å². The van der Waals surface area contributed by atoms with Crippen LogP contribution >= 0.6 is 0 Å². The third kappa shape index (κ3) is 1.80. The van der Waals surface area contributed by atoms with Crippen molar-refractivity contribution in [1.82, 2.24) is 0 Å². The van der Waals surface area contributed by atoms with Crippen LogP contribution in [0.4, 0.5) is 0 Å². The first-order valence-electron chi connectivity index (χ1n) is 11.6. The molecule has 3 unspecified atom stereocenters. The summed E-state index contributed by atoms with van der Waals surface area (Å²) in [6.45, 7) is 7.11. The average Bonchev–Trinajstić information content (AvgIpc) is 3.30. The summed E-state index contributed by atoms with van der Waals surface area (Å²) < 4.78 is 6.11. The van der Waals surface area contributed by atoms with Gasteiger partial charge in [-0.1, -0.05) is 20.8 Å². The Hall–Kier alpha value is -0.900. The van der Waals surface area contributed by atoms with Crippen LogP contribution in [0.3, 0.4) is 0 Å². The van der Waals surface area contributed by atoms with Crippen LogP contribution in [0.5, 0.6) is 0 Å². The summed E-state index contributed by atoms with van der Waals surface area (Å²) in [5.41, 5.74) is -1.09. The molecule has 154 valence electrons. The maximum Gasteiger partial charge on any atom is 0.306 e. The van der Waals surface area contributed by atoms with Crippen LogP contribution in [0.2, 0.25) is 0 Å². The Morgan fingerprint density at radius 2 is 1.82 bits per heavy atom. The summed E-state index contributed by atoms with van der Waals surface area (Å²) in [6, 6.07) is 0. The Kier molecular flexibility index (Phi) is 3.23. The van der Waals surface area contributed by atoms with Crippen molar-refractivity contribution in [2.45, 2.75) is 89.8 Å². The van der Waals surface area contributed by atoms with Crippen molar-refractivity contribution in [1.29, 1.82) is 0 Å². The molecule has 0 aromatic carbocycles. The van der Waals surface area contributed by atoms with Gasteiger partial charge in [-0.05, 0) is 74.0 Å². The van der Waals surface area contributed by atoms with Crippen molar-refractivity contribution in [3.8, 4) is 0 Å². The minimum Gasteiger partial charge on any atom is -0.458 e. The van der Waals surface area contributed by atoms with E-state index in [4.69, 9.17) is 4.74 Å². The largest absolute Gasteiger partial charge is 0.458 e. The number of hydrogen-bond donors (Lipinski definition) is 1. The molecule has 0 amide bonds. The van der Waals surface area contributed by atoms with E-state index in [1.165, 1.54) is 0 Å². The van der Waals surface area contributed by atoms with Crippen molar-refractivity contribution in [3.63, 3.8) is 0 Å². The molecule has 1 heterocycles. The number of aliphatic hydroxyl groups is 1. The molecule has 6 aliphatic rings. The number of rotatable bonds is 0. The Bertz CT molecular complexity index is 777. The number of ether oxygens (including phenoxy) is 1. The zero-order valence-corrected chi connectivity index (χ0v) is 17.5. The Morgan fingerprint density at radius 3 is 2.54 bits per heavy atom. The summed E-state index contributed by atoms with van der Waals surface area (Å²) in [5, 5.41) is 11.8. The van der Waals surface area contributed by atoms with E-state index in [0.717, 1.165) is 38.5 Å². The summed E-state index contributed by atoms with van der Waals surface area (Å²) in [6.07, 6.45) is 7.65. The van der Waals surface area contributed by atoms with E-state index in [9.17, 15) is 14.7 Å². The van der Waals surface area contributed by atoms with Gasteiger partial charge in [-0.25, -0.2) is 0 Å². The summed E-state index contributed by atoms with van der Waals surface area (Å²) in [4.78, 5) is 24.4. The predicted molar refractivity (Wildman–Crippen MR) is 103 cm³/mol. The molecule has 0 aromatic heterocycles. The zero-order valence-electron chi connectivity index (χ0n) is 17.5. The summed E-state index contributed by atoms with van der Waals surface area (Å²) >= 11 is 0. The second-order valence-electron chi connectivity index (χ2n) is 11.9. The van der Waals surface area contributed by atoms with Gasteiger partial charge in [0.05, 0.1) is 5.60 Å². The van der Waals surface area contributed by atoms with Gasteiger partial charge in [0.2, 0.25) is 0 Å². The SMILES string of the molecule is C[C@H]1C[C@@]2(CCC(=O)O2)[C@@]2(C)CCC3C(C12)[C@H]1C[C@H]1[C@]1(O)CC(=O)CC[C@]31C. The van der Waals surface area contributed by atoms with Crippen molar-refractivity contribution in [2.24, 2.45) is 46.3 Å². The Balaban J connectivity index is 1.42. The number of esters is 1. The topological polar surface area (TPSA) is 63.6 Å². The third-order valence-electron chi connectivity index (χ3n) is 11.1. The Morgan fingerprint density at radius 1 is 1.04 bits per heavy atom. The number of fused-ring (bicyclic) bond motifs is 9. The first-order valence-corrected chi connectivity index (χ1v) is 11.6. The molecule has 0 aromatic rings. The molecular formula is C24H34O4. The average molecular weight is 387 g/mol. The van der Waals surface area contributed by atoms with Crippen molar-refractivity contribution >= 4 is 11.8 Å². The van der Waals surface area contributed by atoms with E-state index in [2.05, 4.69) is 20.8 Å². The highest BCUT2D eigenvalue weighted by Gasteiger charge is 2.77. The summed E-state index contributed by atoms with van der Waals surface area (Å²) in [5.74, 6) is 3.38. The van der Waals surface area contributed by atoms with E-state index < -0.39 is 5.60 Å². The smallest absolute Gasteiger partial charge is 0.306 e. The second kappa shape index (κ2) is 5.04. The maximum absolute atomic E-state index is 12.3. The molecule has 0 radical (unpaired) electrons. The lowest BCUT2D eigenvalue weighted by atomic mass is 9.42. The molecule has 5 saturated carbocycles. The number of ketones is 1. The van der Waals surface area contributed by atoms with Crippen molar-refractivity contribution < 1.29 is 19.4 Å². The predicted octanol–water partition coefficient (Wildman–Crippen LogP) is 3.89. The van der Waals surface area contributed by atoms with Crippen molar-refractivity contribution in [3.05, 3.63) is 0 Å². The number of carbonyl (C=O) groups is 2. The highest BCUT2D eigenvalue weighted by atomic mass is 16.6. The highest BCUT2D eigenvalue weighted by molar-refractivity contribution is 5.81. The van der Waals surface area contributed by atoms with Gasteiger partial charge in [-0.2, -0.15) is 0 Å². The van der Waals surface area contributed by atoms with E-state index >= 15 is 0 Å². The first kappa shape index (κ1) is 17.9. The standard InChI is InChI=1S/C24H34O4/c1-13-11-23(9-6-18(26)28-23)22(3)8-5-16-19(20(13)22)15-10-17(15)24(27)12-14(25)4-7-21(16,24)2/h13,15-17,19-20,27H,4-12H2,1-3H3/t13-,15-,16?,17+,19?,20?,21+,22-,23-,24+/m0/s1. The molecule has 6 fully saturated rings. The minimum atomic E-state index is -0.777. The fourth-order valence-electron chi connectivity index (χ4n) is 9.84. The lowest BCUT2D eigenvalue weighted by molar-refractivity contribution is -0.220. The van der Waals surface area contributed by atoms with Gasteiger partial charge in [0.15, 0.2) is 0 Å². The lowest BCUT2D eigenvalue weighted by Gasteiger charge is -2.63. The van der Waals surface area contributed by atoms with Gasteiger partial charge in [0.25, 0.3) is 0 Å². The van der Waals surface area contributed by atoms with Crippen LogP contribution in [-0.4, -0.2) is 28.1 Å². The number of Topliss-reactive ketones (excluding diaryl/α,β-unsaturated/α-hetero) is 1. The molecule has 1 N–H and O–H groups in total. The summed E-state index contributed by atoms with van der Waals surface area (Å²) in [7, 11) is 0. The number of hydrogen-bond acceptors (Lipinski definition) is 4. The maximum atomic E-state index is 12.3. The van der Waals surface area contributed by atoms with E-state index in [1.807, 2.05) is 0 Å². The highest BCUT2D eigenvalue weighted by Crippen LogP contribution is 2.78. The molecule has 1 spiro atoms. The Labute approximate surface area is 167 Å². The van der Waals surface area contributed by atoms with Gasteiger partial charge in [-0.3, -0.25) is 9.59 Å². The zero-order chi connectivity index (χ0) is 19.7. The molecule has 0 bridgehead atoms. The first-order chi connectivity index (χ1) is 13.2. The molecule has 1 aliphatic heterocycles. The normalized spacial score (nSPS) is 62.0. The van der Waals surface area contributed by atoms with Gasteiger partial charge in [-0.15, -0.1) is 0 Å². The fourth-order valence-corrected chi connectivity index (χ4v) is 9.84. The van der Waals surface area contributed by atoms with E-state index in [1.54, 1.807) is 0 Å². The second-order valence-corrected chi connectivity index (χ2v) is 11.9. The lowest BCUT2D eigenvalue weighted by Crippen LogP contribution is -2.64. The van der Waals surface area contributed by atoms with Gasteiger partial charge in [0.1, 0.15) is 11.4 Å². The quantitative estimate of drug-likeness (QED) is 0.642. The van der Waals surface area contributed by atoms with Crippen LogP contribution in [0.25, 0.3) is 0 Å². The van der Waals surface area contributed by atoms with Crippen LogP contribution in [0, 0.1) is 46.3 Å². The van der Waals surface area contributed by atoms with E-state index in [-0.39, 0.29) is 28.2 Å².